The van der Waals surface area contributed by atoms with Gasteiger partial charge in [0.25, 0.3) is 5.91 Å². The summed E-state index contributed by atoms with van der Waals surface area (Å²) in [5, 5.41) is 0. The lowest BCUT2D eigenvalue weighted by molar-refractivity contribution is 0.0746. The number of halogens is 1. The number of aryl methyl sites for hydroxylation is 2. The summed E-state index contributed by atoms with van der Waals surface area (Å²) in [5.41, 5.74) is 5.45. The molecule has 0 radical (unpaired) electrons. The monoisotopic (exact) mass is 476 g/mol. The Kier molecular flexibility index (Phi) is 7.59. The second-order valence-electron chi connectivity index (χ2n) is 8.98. The average molecular weight is 477 g/mol. The molecule has 0 bridgehead atoms. The Bertz CT molecular complexity index is 1200. The van der Waals surface area contributed by atoms with Gasteiger partial charge in [-0.1, -0.05) is 18.2 Å². The third-order valence-electron chi connectivity index (χ3n) is 6.51. The number of piperazine rings is 1. The van der Waals surface area contributed by atoms with Crippen molar-refractivity contribution in [3.05, 3.63) is 88.2 Å². The van der Waals surface area contributed by atoms with E-state index < -0.39 is 0 Å². The lowest BCUT2D eigenvalue weighted by Gasteiger charge is -2.36. The normalized spacial score (nSPS) is 13.6. The molecule has 0 aromatic heterocycles. The fourth-order valence-corrected chi connectivity index (χ4v) is 4.47. The Hall–Kier alpha value is -3.54. The molecule has 4 rings (SSSR count). The predicted octanol–water partition coefficient (Wildman–Crippen LogP) is 5.69. The number of para-hydroxylation sites is 1. The fourth-order valence-electron chi connectivity index (χ4n) is 4.47. The van der Waals surface area contributed by atoms with Crippen molar-refractivity contribution in [1.29, 1.82) is 0 Å². The molecule has 0 N–H and O–H groups in total. The predicted molar refractivity (Wildman–Crippen MR) is 137 cm³/mol. The molecule has 1 amide bonds. The number of hydrogen-bond acceptors (Lipinski definition) is 4. The first-order chi connectivity index (χ1) is 16.9. The lowest BCUT2D eigenvalue weighted by atomic mass is 10.1. The molecule has 0 atom stereocenters. The lowest BCUT2D eigenvalue weighted by Crippen LogP contribution is -2.49. The van der Waals surface area contributed by atoms with Gasteiger partial charge in [-0.2, -0.15) is 0 Å². The maximum atomic E-state index is 14.2. The highest BCUT2D eigenvalue weighted by Crippen LogP contribution is 2.28. The van der Waals surface area contributed by atoms with Crippen LogP contribution in [0.5, 0.6) is 11.5 Å². The highest BCUT2D eigenvalue weighted by atomic mass is 19.1. The Morgan fingerprint density at radius 2 is 1.66 bits per heavy atom. The first-order valence-corrected chi connectivity index (χ1v) is 12.1. The maximum Gasteiger partial charge on any atom is 0.253 e. The third-order valence-corrected chi connectivity index (χ3v) is 6.51. The fraction of sp³-hybridized carbons (Fsp3) is 0.345. The summed E-state index contributed by atoms with van der Waals surface area (Å²) in [6, 6.07) is 16.5. The maximum absolute atomic E-state index is 14.2. The van der Waals surface area contributed by atoms with Crippen LogP contribution in [0.1, 0.15) is 39.5 Å². The zero-order chi connectivity index (χ0) is 24.9. The molecule has 3 aromatic carbocycles. The van der Waals surface area contributed by atoms with Gasteiger partial charge in [-0.25, -0.2) is 4.39 Å². The summed E-state index contributed by atoms with van der Waals surface area (Å²) in [7, 11) is 0. The van der Waals surface area contributed by atoms with Crippen molar-refractivity contribution in [2.45, 2.75) is 34.3 Å². The molecule has 6 heteroatoms. The van der Waals surface area contributed by atoms with Gasteiger partial charge in [-0.15, -0.1) is 0 Å². The van der Waals surface area contributed by atoms with Crippen molar-refractivity contribution in [2.75, 3.05) is 37.7 Å². The number of benzene rings is 3. The quantitative estimate of drug-likeness (QED) is 0.439. The molecule has 35 heavy (non-hydrogen) atoms. The second-order valence-corrected chi connectivity index (χ2v) is 8.98. The Morgan fingerprint density at radius 1 is 0.914 bits per heavy atom. The average Bonchev–Trinajstić information content (AvgIpc) is 2.86. The number of anilines is 1. The highest BCUT2D eigenvalue weighted by Gasteiger charge is 2.24. The summed E-state index contributed by atoms with van der Waals surface area (Å²) in [5.74, 6) is 1.29. The molecule has 0 aliphatic carbocycles. The molecule has 5 nitrogen and oxygen atoms in total. The van der Waals surface area contributed by atoms with E-state index in [2.05, 4.69) is 26.8 Å². The van der Waals surface area contributed by atoms with Crippen molar-refractivity contribution < 1.29 is 18.7 Å². The molecule has 3 aromatic rings. The van der Waals surface area contributed by atoms with Gasteiger partial charge >= 0.3 is 0 Å². The van der Waals surface area contributed by atoms with Crippen molar-refractivity contribution in [3.63, 3.8) is 0 Å². The molecule has 1 aliphatic rings. The number of carbonyl (C=O) groups is 1. The molecule has 1 saturated heterocycles. The van der Waals surface area contributed by atoms with E-state index in [-0.39, 0.29) is 11.7 Å². The Morgan fingerprint density at radius 3 is 2.37 bits per heavy atom. The van der Waals surface area contributed by atoms with E-state index in [1.54, 1.807) is 12.1 Å². The van der Waals surface area contributed by atoms with Crippen LogP contribution in [0.3, 0.4) is 0 Å². The molecule has 1 heterocycles. The van der Waals surface area contributed by atoms with Crippen molar-refractivity contribution in [2.24, 2.45) is 0 Å². The minimum atomic E-state index is -0.234. The van der Waals surface area contributed by atoms with E-state index in [4.69, 9.17) is 9.47 Å². The zero-order valence-corrected chi connectivity index (χ0v) is 20.9. The number of rotatable bonds is 7. The van der Waals surface area contributed by atoms with E-state index >= 15 is 0 Å². The van der Waals surface area contributed by atoms with Crippen molar-refractivity contribution >= 4 is 11.6 Å². The number of nitrogens with zero attached hydrogens (tertiary/aromatic N) is 2. The van der Waals surface area contributed by atoms with Crippen LogP contribution in [0.2, 0.25) is 0 Å². The van der Waals surface area contributed by atoms with E-state index in [9.17, 15) is 9.18 Å². The van der Waals surface area contributed by atoms with Crippen molar-refractivity contribution in [3.8, 4) is 11.5 Å². The van der Waals surface area contributed by atoms with Crippen LogP contribution in [-0.4, -0.2) is 43.6 Å². The number of ether oxygens (including phenoxy) is 2. The summed E-state index contributed by atoms with van der Waals surface area (Å²) in [6.07, 6.45) is 0. The van der Waals surface area contributed by atoms with Crippen LogP contribution in [0.4, 0.5) is 10.1 Å². The molecular formula is C29H33FN2O3. The number of amides is 1. The molecular weight excluding hydrogens is 443 g/mol. The van der Waals surface area contributed by atoms with Gasteiger partial charge in [0.15, 0.2) is 0 Å². The Labute approximate surface area is 207 Å². The van der Waals surface area contributed by atoms with Crippen LogP contribution in [0.15, 0.2) is 54.6 Å². The van der Waals surface area contributed by atoms with Crippen LogP contribution in [0, 0.1) is 26.6 Å². The SMILES string of the molecule is CCOc1ccc(C(=O)N2CCN(c3ccccc3F)CC2)cc1COc1cc(C)cc(C)c1C. The topological polar surface area (TPSA) is 42.0 Å². The molecule has 0 unspecified atom stereocenters. The van der Waals surface area contributed by atoms with E-state index in [0.29, 0.717) is 50.6 Å². The minimum absolute atomic E-state index is 0.0370. The van der Waals surface area contributed by atoms with E-state index in [1.807, 2.05) is 47.1 Å². The number of hydrogen-bond donors (Lipinski definition) is 0. The van der Waals surface area contributed by atoms with Gasteiger partial charge in [-0.3, -0.25) is 4.79 Å². The largest absolute Gasteiger partial charge is 0.493 e. The first kappa shape index (κ1) is 24.6. The number of carbonyl (C=O) groups excluding carboxylic acids is 1. The zero-order valence-electron chi connectivity index (χ0n) is 20.9. The van der Waals surface area contributed by atoms with Gasteiger partial charge in [-0.05, 0) is 80.8 Å². The van der Waals surface area contributed by atoms with Gasteiger partial charge < -0.3 is 19.3 Å². The molecule has 1 fully saturated rings. The van der Waals surface area contributed by atoms with Crippen LogP contribution in [-0.2, 0) is 6.61 Å². The van der Waals surface area contributed by atoms with Crippen LogP contribution < -0.4 is 14.4 Å². The summed E-state index contributed by atoms with van der Waals surface area (Å²) >= 11 is 0. The smallest absolute Gasteiger partial charge is 0.253 e. The van der Waals surface area contributed by atoms with Gasteiger partial charge in [0.05, 0.1) is 12.3 Å². The van der Waals surface area contributed by atoms with E-state index in [0.717, 1.165) is 28.2 Å². The molecule has 0 spiro atoms. The third kappa shape index (κ3) is 5.59. The summed E-state index contributed by atoms with van der Waals surface area (Å²) in [6.45, 7) is 11.2. The van der Waals surface area contributed by atoms with Crippen molar-refractivity contribution in [1.82, 2.24) is 4.90 Å². The highest BCUT2D eigenvalue weighted by molar-refractivity contribution is 5.94. The first-order valence-electron chi connectivity index (χ1n) is 12.1. The molecule has 0 saturated carbocycles. The van der Waals surface area contributed by atoms with Crippen LogP contribution in [0.25, 0.3) is 0 Å². The van der Waals surface area contributed by atoms with Crippen LogP contribution >= 0.6 is 0 Å². The Balaban J connectivity index is 1.48. The van der Waals surface area contributed by atoms with Gasteiger partial charge in [0.2, 0.25) is 0 Å². The summed E-state index contributed by atoms with van der Waals surface area (Å²) < 4.78 is 26.1. The molecule has 1 aliphatic heterocycles. The second kappa shape index (κ2) is 10.8. The van der Waals surface area contributed by atoms with Gasteiger partial charge in [0, 0.05) is 37.3 Å². The standard InChI is InChI=1S/C29H33FN2O3/c1-5-34-27-11-10-23(18-24(27)19-35-28-17-20(2)16-21(3)22(28)4)29(33)32-14-12-31(13-15-32)26-9-7-6-8-25(26)30/h6-11,16-18H,5,12-15,19H2,1-4H3. The summed E-state index contributed by atoms with van der Waals surface area (Å²) in [4.78, 5) is 17.1. The minimum Gasteiger partial charge on any atom is -0.493 e. The van der Waals surface area contributed by atoms with Gasteiger partial charge in [0.1, 0.15) is 23.9 Å². The van der Waals surface area contributed by atoms with E-state index in [1.165, 1.54) is 11.6 Å². The molecule has 184 valence electrons.